The van der Waals surface area contributed by atoms with Gasteiger partial charge in [0.25, 0.3) is 0 Å². The molecule has 0 aliphatic carbocycles. The number of para-hydroxylation sites is 3. The molecule has 3 aromatic heterocycles. The van der Waals surface area contributed by atoms with Crippen molar-refractivity contribution in [2.75, 3.05) is 11.5 Å². The molecule has 0 amide bonds. The minimum absolute atomic E-state index is 0.525. The molecule has 218 valence electrons. The van der Waals surface area contributed by atoms with Crippen molar-refractivity contribution in [3.8, 4) is 34.4 Å². The Bertz CT molecular complexity index is 2520. The van der Waals surface area contributed by atoms with Crippen LogP contribution in [0.5, 0.6) is 0 Å². The number of hydrogen-bond acceptors (Lipinski definition) is 5. The molecule has 6 aromatic carbocycles. The molecule has 7 nitrogen and oxygen atoms in total. The van der Waals surface area contributed by atoms with Crippen LogP contribution in [0.2, 0.25) is 0 Å². The largest absolute Gasteiger partial charge is 0.399 e. The molecule has 0 bridgehead atoms. The van der Waals surface area contributed by atoms with Gasteiger partial charge in [0, 0.05) is 49.7 Å². The third kappa shape index (κ3) is 3.95. The Hall–Kier alpha value is -6.47. The summed E-state index contributed by atoms with van der Waals surface area (Å²) in [4.78, 5) is 15.2. The van der Waals surface area contributed by atoms with E-state index in [1.165, 1.54) is 5.39 Å². The third-order valence-corrected chi connectivity index (χ3v) is 8.64. The summed E-state index contributed by atoms with van der Waals surface area (Å²) in [5.41, 5.74) is 20.5. The predicted molar refractivity (Wildman–Crippen MR) is 188 cm³/mol. The molecule has 4 N–H and O–H groups in total. The standard InChI is InChI=1S/C39H27N7/c40-26-18-14-24(15-19-26)37-42-38(25-16-20-27(41)21-17-25)44-39(43-37)46-34-13-7-5-11-30(34)32-23-22-31-29-10-4-6-12-33(29)45(35(31)36(32)46)28-8-2-1-3-9-28/h1-23H,40-41H2. The van der Waals surface area contributed by atoms with Gasteiger partial charge in [-0.05, 0) is 72.8 Å². The normalized spacial score (nSPS) is 11.7. The van der Waals surface area contributed by atoms with E-state index in [2.05, 4.69) is 94.1 Å². The van der Waals surface area contributed by atoms with Gasteiger partial charge in [-0.1, -0.05) is 66.7 Å². The van der Waals surface area contributed by atoms with Gasteiger partial charge in [0.2, 0.25) is 5.95 Å². The Balaban J connectivity index is 1.46. The van der Waals surface area contributed by atoms with Crippen molar-refractivity contribution in [1.82, 2.24) is 24.1 Å². The van der Waals surface area contributed by atoms with Crippen molar-refractivity contribution >= 4 is 55.0 Å². The van der Waals surface area contributed by atoms with Gasteiger partial charge in [-0.15, -0.1) is 0 Å². The number of benzene rings is 6. The molecule has 0 spiro atoms. The molecular weight excluding hydrogens is 566 g/mol. The minimum Gasteiger partial charge on any atom is -0.399 e. The maximum atomic E-state index is 6.05. The maximum Gasteiger partial charge on any atom is 0.238 e. The molecule has 9 aromatic rings. The Morgan fingerprint density at radius 1 is 0.391 bits per heavy atom. The van der Waals surface area contributed by atoms with Gasteiger partial charge in [-0.25, -0.2) is 4.98 Å². The maximum absolute atomic E-state index is 6.05. The molecule has 7 heteroatoms. The van der Waals surface area contributed by atoms with Crippen LogP contribution in [0.4, 0.5) is 11.4 Å². The lowest BCUT2D eigenvalue weighted by Crippen LogP contribution is -2.07. The van der Waals surface area contributed by atoms with Crippen LogP contribution >= 0.6 is 0 Å². The fraction of sp³-hybridized carbons (Fsp3) is 0. The number of nitrogens with two attached hydrogens (primary N) is 2. The van der Waals surface area contributed by atoms with Crippen molar-refractivity contribution < 1.29 is 0 Å². The van der Waals surface area contributed by atoms with Crippen molar-refractivity contribution in [2.24, 2.45) is 0 Å². The summed E-state index contributed by atoms with van der Waals surface area (Å²) in [6.07, 6.45) is 0. The Labute approximate surface area is 264 Å². The molecular formula is C39H27N7. The molecule has 0 atom stereocenters. The number of nitrogens with zero attached hydrogens (tertiary/aromatic N) is 5. The second-order valence-corrected chi connectivity index (χ2v) is 11.4. The Morgan fingerprint density at radius 3 is 1.39 bits per heavy atom. The Kier molecular flexibility index (Phi) is 5.67. The summed E-state index contributed by atoms with van der Waals surface area (Å²) in [6.45, 7) is 0. The fourth-order valence-corrected chi connectivity index (χ4v) is 6.54. The molecule has 0 aliphatic heterocycles. The van der Waals surface area contributed by atoms with Crippen LogP contribution in [-0.4, -0.2) is 24.1 Å². The van der Waals surface area contributed by atoms with E-state index in [-0.39, 0.29) is 0 Å². The minimum atomic E-state index is 0.525. The SMILES string of the molecule is Nc1ccc(-c2nc(-c3ccc(N)cc3)nc(-n3c4ccccc4c4ccc5c6ccccc6n(-c6ccccc6)c5c43)n2)cc1. The van der Waals surface area contributed by atoms with Crippen LogP contribution in [-0.2, 0) is 0 Å². The van der Waals surface area contributed by atoms with Crippen LogP contribution in [0.1, 0.15) is 0 Å². The highest BCUT2D eigenvalue weighted by Crippen LogP contribution is 2.41. The molecule has 0 radical (unpaired) electrons. The lowest BCUT2D eigenvalue weighted by atomic mass is 10.1. The summed E-state index contributed by atoms with van der Waals surface area (Å²) in [5, 5.41) is 4.57. The predicted octanol–water partition coefficient (Wildman–Crippen LogP) is 8.56. The van der Waals surface area contributed by atoms with Crippen molar-refractivity contribution in [3.63, 3.8) is 0 Å². The van der Waals surface area contributed by atoms with E-state index in [4.69, 9.17) is 26.4 Å². The van der Waals surface area contributed by atoms with Crippen LogP contribution in [0.3, 0.4) is 0 Å². The smallest absolute Gasteiger partial charge is 0.238 e. The number of hydrogen-bond donors (Lipinski definition) is 2. The lowest BCUT2D eigenvalue weighted by molar-refractivity contribution is 0.953. The molecule has 9 rings (SSSR count). The highest BCUT2D eigenvalue weighted by molar-refractivity contribution is 6.23. The number of rotatable bonds is 4. The van der Waals surface area contributed by atoms with E-state index in [1.807, 2.05) is 54.6 Å². The van der Waals surface area contributed by atoms with Gasteiger partial charge >= 0.3 is 0 Å². The molecule has 0 saturated carbocycles. The lowest BCUT2D eigenvalue weighted by Gasteiger charge is -2.13. The first-order valence-electron chi connectivity index (χ1n) is 15.1. The Morgan fingerprint density at radius 2 is 0.848 bits per heavy atom. The fourth-order valence-electron chi connectivity index (χ4n) is 6.54. The van der Waals surface area contributed by atoms with Gasteiger partial charge in [-0.3, -0.25) is 4.57 Å². The van der Waals surface area contributed by atoms with Gasteiger partial charge in [0.15, 0.2) is 11.6 Å². The van der Waals surface area contributed by atoms with Gasteiger partial charge < -0.3 is 16.0 Å². The summed E-state index contributed by atoms with van der Waals surface area (Å²) in [6, 6.07) is 47.2. The average molecular weight is 594 g/mol. The van der Waals surface area contributed by atoms with Crippen molar-refractivity contribution in [2.45, 2.75) is 0 Å². The second-order valence-electron chi connectivity index (χ2n) is 11.4. The number of anilines is 2. The summed E-state index contributed by atoms with van der Waals surface area (Å²) in [7, 11) is 0. The van der Waals surface area contributed by atoms with Gasteiger partial charge in [-0.2, -0.15) is 9.97 Å². The van der Waals surface area contributed by atoms with E-state index in [0.717, 1.165) is 55.0 Å². The van der Waals surface area contributed by atoms with Crippen LogP contribution in [0.15, 0.2) is 140 Å². The first-order valence-corrected chi connectivity index (χ1v) is 15.1. The van der Waals surface area contributed by atoms with Crippen molar-refractivity contribution in [3.05, 3.63) is 140 Å². The van der Waals surface area contributed by atoms with Crippen LogP contribution < -0.4 is 11.5 Å². The number of fused-ring (bicyclic) bond motifs is 7. The van der Waals surface area contributed by atoms with E-state index in [9.17, 15) is 0 Å². The quantitative estimate of drug-likeness (QED) is 0.199. The molecule has 0 unspecified atom stereocenters. The zero-order valence-electron chi connectivity index (χ0n) is 24.7. The zero-order valence-corrected chi connectivity index (χ0v) is 24.7. The van der Waals surface area contributed by atoms with Crippen LogP contribution in [0, 0.1) is 0 Å². The van der Waals surface area contributed by atoms with Gasteiger partial charge in [0.05, 0.1) is 22.1 Å². The molecule has 0 saturated heterocycles. The molecule has 3 heterocycles. The van der Waals surface area contributed by atoms with Gasteiger partial charge in [0.1, 0.15) is 0 Å². The number of nitrogen functional groups attached to an aromatic ring is 2. The zero-order chi connectivity index (χ0) is 30.8. The molecule has 0 aliphatic rings. The number of aromatic nitrogens is 5. The van der Waals surface area contributed by atoms with E-state index >= 15 is 0 Å². The van der Waals surface area contributed by atoms with E-state index < -0.39 is 0 Å². The summed E-state index contributed by atoms with van der Waals surface area (Å²) in [5.74, 6) is 1.63. The highest BCUT2D eigenvalue weighted by Gasteiger charge is 2.23. The first-order chi connectivity index (χ1) is 22.6. The first kappa shape index (κ1) is 26.0. The summed E-state index contributed by atoms with van der Waals surface area (Å²) >= 11 is 0. The third-order valence-electron chi connectivity index (χ3n) is 8.64. The monoisotopic (exact) mass is 593 g/mol. The second kappa shape index (κ2) is 10.0. The van der Waals surface area contributed by atoms with Crippen LogP contribution in [0.25, 0.3) is 78.0 Å². The molecule has 46 heavy (non-hydrogen) atoms. The molecule has 0 fully saturated rings. The van der Waals surface area contributed by atoms with E-state index in [0.29, 0.717) is 29.0 Å². The average Bonchev–Trinajstić information content (AvgIpc) is 3.62. The van der Waals surface area contributed by atoms with E-state index in [1.54, 1.807) is 0 Å². The highest BCUT2D eigenvalue weighted by atomic mass is 15.2. The topological polar surface area (TPSA) is 101 Å². The summed E-state index contributed by atoms with van der Waals surface area (Å²) < 4.78 is 4.54. The van der Waals surface area contributed by atoms with Crippen molar-refractivity contribution in [1.29, 1.82) is 0 Å².